The van der Waals surface area contributed by atoms with Crippen LogP contribution >= 0.6 is 0 Å². The number of carbonyl (C=O) groups is 4. The molecule has 1 N–H and O–H groups in total. The number of amides is 2. The minimum absolute atomic E-state index is 0.0297. The number of rotatable bonds is 9. The maximum absolute atomic E-state index is 15.0. The first kappa shape index (κ1) is 41.6. The number of esters is 1. The van der Waals surface area contributed by atoms with Gasteiger partial charge in [-0.05, 0) is 102 Å². The predicted octanol–water partition coefficient (Wildman–Crippen LogP) is 6.45. The molecular weight excluding hydrogens is 742 g/mol. The molecule has 1 aromatic heterocycles. The van der Waals surface area contributed by atoms with E-state index in [0.29, 0.717) is 43.2 Å². The monoisotopic (exact) mass is 797 g/mol. The first-order chi connectivity index (χ1) is 26.3. The minimum Gasteiger partial charge on any atom is -0.497 e. The first-order valence-electron chi connectivity index (χ1n) is 19.9. The molecule has 0 spiro atoms. The van der Waals surface area contributed by atoms with Crippen LogP contribution in [0.3, 0.4) is 0 Å². The number of Topliss-reactive ketones (excluding diaryl/α,β-unsaturated/α-hetero) is 1. The summed E-state index contributed by atoms with van der Waals surface area (Å²) in [6, 6.07) is 3.78. The molecule has 0 radical (unpaired) electrons. The molecule has 2 saturated carbocycles. The quantitative estimate of drug-likeness (QED) is 0.221. The van der Waals surface area contributed by atoms with Crippen LogP contribution < -0.4 is 14.2 Å². The number of hydrogen-bond donors (Lipinski definition) is 1. The van der Waals surface area contributed by atoms with Gasteiger partial charge in [-0.3, -0.25) is 23.9 Å². The number of benzene rings is 1. The predicted molar refractivity (Wildman–Crippen MR) is 208 cm³/mol. The molecule has 2 amide bonds. The molecule has 0 bridgehead atoms. The van der Waals surface area contributed by atoms with Crippen molar-refractivity contribution in [2.24, 2.45) is 29.1 Å². The van der Waals surface area contributed by atoms with Crippen LogP contribution in [-0.2, 0) is 33.9 Å². The van der Waals surface area contributed by atoms with Gasteiger partial charge in [-0.1, -0.05) is 32.4 Å². The van der Waals surface area contributed by atoms with E-state index < -0.39 is 67.3 Å². The molecule has 7 atom stereocenters. The Morgan fingerprint density at radius 3 is 2.52 bits per heavy atom. The van der Waals surface area contributed by atoms with Gasteiger partial charge in [0.15, 0.2) is 5.78 Å². The summed E-state index contributed by atoms with van der Waals surface area (Å²) in [6.45, 7) is 11.0. The zero-order chi connectivity index (χ0) is 40.8. The second-order valence-corrected chi connectivity index (χ2v) is 19.9. The number of aromatic nitrogens is 1. The van der Waals surface area contributed by atoms with Crippen molar-refractivity contribution in [2.75, 3.05) is 13.7 Å². The molecule has 2 aromatic rings. The molecule has 0 unspecified atom stereocenters. The lowest BCUT2D eigenvalue weighted by Crippen LogP contribution is -2.48. The van der Waals surface area contributed by atoms with Gasteiger partial charge in [0.05, 0.1) is 48.4 Å². The highest BCUT2D eigenvalue weighted by molar-refractivity contribution is 7.91. The van der Waals surface area contributed by atoms with E-state index >= 15 is 0 Å². The molecule has 306 valence electrons. The molecular formula is C42H56FN3O9S. The molecule has 4 aliphatic rings. The Morgan fingerprint density at radius 2 is 1.86 bits per heavy atom. The van der Waals surface area contributed by atoms with Crippen LogP contribution in [0.2, 0.25) is 0 Å². The van der Waals surface area contributed by atoms with Crippen molar-refractivity contribution < 1.29 is 46.2 Å². The lowest BCUT2D eigenvalue weighted by atomic mass is 9.79. The number of methoxy groups -OCH3 is 1. The van der Waals surface area contributed by atoms with Crippen molar-refractivity contribution in [2.45, 2.75) is 128 Å². The number of ketones is 1. The lowest BCUT2D eigenvalue weighted by molar-refractivity contribution is -0.160. The third kappa shape index (κ3) is 8.74. The van der Waals surface area contributed by atoms with Crippen LogP contribution in [0.5, 0.6) is 11.6 Å². The van der Waals surface area contributed by atoms with Crippen LogP contribution in [0.25, 0.3) is 10.8 Å². The fourth-order valence-electron chi connectivity index (χ4n) is 8.45. The van der Waals surface area contributed by atoms with Gasteiger partial charge in [0, 0.05) is 23.6 Å². The van der Waals surface area contributed by atoms with Crippen molar-refractivity contribution in [3.8, 4) is 11.6 Å². The highest BCUT2D eigenvalue weighted by Gasteiger charge is 2.62. The van der Waals surface area contributed by atoms with Crippen LogP contribution in [0.15, 0.2) is 36.5 Å². The van der Waals surface area contributed by atoms with Gasteiger partial charge in [0.1, 0.15) is 23.3 Å². The number of pyridine rings is 1. The molecule has 2 aliphatic carbocycles. The fourth-order valence-corrected chi connectivity index (χ4v) is 9.78. The average molecular weight is 798 g/mol. The van der Waals surface area contributed by atoms with Gasteiger partial charge in [0.2, 0.25) is 27.7 Å². The van der Waals surface area contributed by atoms with Crippen LogP contribution in [0.4, 0.5) is 4.39 Å². The summed E-state index contributed by atoms with van der Waals surface area (Å²) in [5, 5.41) is 0.604. The Hall–Kier alpha value is -4.07. The van der Waals surface area contributed by atoms with Gasteiger partial charge >= 0.3 is 5.97 Å². The highest BCUT2D eigenvalue weighted by Crippen LogP contribution is 2.58. The van der Waals surface area contributed by atoms with Gasteiger partial charge in [-0.2, -0.15) is 0 Å². The summed E-state index contributed by atoms with van der Waals surface area (Å²) in [5.41, 5.74) is -2.08. The number of nitrogens with zero attached hydrogens (tertiary/aromatic N) is 2. The molecule has 14 heteroatoms. The first-order valence-corrected chi connectivity index (χ1v) is 21.4. The van der Waals surface area contributed by atoms with Crippen molar-refractivity contribution in [1.82, 2.24) is 14.6 Å². The Morgan fingerprint density at radius 1 is 1.12 bits per heavy atom. The van der Waals surface area contributed by atoms with Crippen molar-refractivity contribution >= 4 is 44.4 Å². The number of halogens is 1. The molecule has 56 heavy (non-hydrogen) atoms. The van der Waals surface area contributed by atoms with Crippen molar-refractivity contribution in [3.63, 3.8) is 0 Å². The maximum Gasteiger partial charge on any atom is 0.307 e. The van der Waals surface area contributed by atoms with E-state index in [0.717, 1.165) is 12.6 Å². The second kappa shape index (κ2) is 15.7. The number of fused-ring (bicyclic) bond motifs is 3. The van der Waals surface area contributed by atoms with E-state index in [4.69, 9.17) is 14.2 Å². The SMILES string of the molecule is CC[C@@H]1C[C@H](C)CC/C=C\[C@@H]2C[C@@]2(C(=O)NS(=O)(=O)C2(C)CC2)CC(=O)[C@@H]2C[C@@H](Oc3ncc(F)c4cc(OC)ccc34)CN2C(=O)[C@H]1CC(=O)OC(C)(C)C. The number of carbonyl (C=O) groups excluding carboxylic acids is 4. The smallest absolute Gasteiger partial charge is 0.307 e. The van der Waals surface area contributed by atoms with Gasteiger partial charge in [0.25, 0.3) is 0 Å². The van der Waals surface area contributed by atoms with E-state index in [9.17, 15) is 32.0 Å². The van der Waals surface area contributed by atoms with E-state index in [2.05, 4.69) is 16.6 Å². The summed E-state index contributed by atoms with van der Waals surface area (Å²) < 4.78 is 60.1. The zero-order valence-corrected chi connectivity index (χ0v) is 34.4. The molecule has 1 saturated heterocycles. The van der Waals surface area contributed by atoms with E-state index in [1.54, 1.807) is 39.8 Å². The van der Waals surface area contributed by atoms with Crippen LogP contribution in [0, 0.1) is 34.9 Å². The Balaban J connectivity index is 1.37. The number of sulfonamides is 1. The topological polar surface area (TPSA) is 158 Å². The molecule has 12 nitrogen and oxygen atoms in total. The number of nitrogens with one attached hydrogen (secondary N) is 1. The molecule has 3 fully saturated rings. The number of hydrogen-bond acceptors (Lipinski definition) is 10. The van der Waals surface area contributed by atoms with Gasteiger partial charge in [-0.15, -0.1) is 0 Å². The fraction of sp³-hybridized carbons (Fsp3) is 0.643. The van der Waals surface area contributed by atoms with E-state index in [1.807, 2.05) is 19.1 Å². The third-order valence-electron chi connectivity index (χ3n) is 12.2. The summed E-state index contributed by atoms with van der Waals surface area (Å²) in [7, 11) is -2.50. The van der Waals surface area contributed by atoms with Crippen LogP contribution in [0.1, 0.15) is 106 Å². The second-order valence-electron chi connectivity index (χ2n) is 17.7. The van der Waals surface area contributed by atoms with Gasteiger partial charge in [-0.25, -0.2) is 17.8 Å². The minimum atomic E-state index is -3.98. The van der Waals surface area contributed by atoms with Gasteiger partial charge < -0.3 is 19.1 Å². The summed E-state index contributed by atoms with van der Waals surface area (Å²) in [4.78, 5) is 62.8. The summed E-state index contributed by atoms with van der Waals surface area (Å²) >= 11 is 0. The normalized spacial score (nSPS) is 30.0. The highest BCUT2D eigenvalue weighted by atomic mass is 32.2. The lowest BCUT2D eigenvalue weighted by Gasteiger charge is -2.33. The average Bonchev–Trinajstić information content (AvgIpc) is 4.01. The number of allylic oxidation sites excluding steroid dienone is 2. The molecule has 1 aromatic carbocycles. The van der Waals surface area contributed by atoms with E-state index in [1.165, 1.54) is 18.1 Å². The standard InChI is InChI=1S/C42H56FN3O9S/c1-8-26-17-25(2)11-9-10-12-27-21-42(27,39(50)45-56(51,52)41(6)15-16-41)22-35(47)34-19-29(24-46(34)38(49)31(26)20-36(48)55-40(3,4)5)54-37-30-14-13-28(53-7)18-32(30)33(43)23-44-37/h10,12-14,18,23,25-27,29,31,34H,8-9,11,15-17,19-22,24H2,1-7H3,(H,45,50)/b12-10-/t25-,26-,27-,29-,31+,34+,42-/m1/s1. The Bertz CT molecular complexity index is 2010. The third-order valence-corrected chi connectivity index (χ3v) is 14.4. The molecule has 6 rings (SSSR count). The maximum atomic E-state index is 15.0. The molecule has 2 aliphatic heterocycles. The van der Waals surface area contributed by atoms with E-state index in [-0.39, 0.29) is 67.2 Å². The Labute approximate surface area is 329 Å². The largest absolute Gasteiger partial charge is 0.497 e. The Kier molecular flexibility index (Phi) is 11.7. The van der Waals surface area contributed by atoms with Crippen molar-refractivity contribution in [3.05, 3.63) is 42.4 Å². The van der Waals surface area contributed by atoms with Crippen molar-refractivity contribution in [1.29, 1.82) is 0 Å². The van der Waals surface area contributed by atoms with Crippen LogP contribution in [-0.4, -0.2) is 78.0 Å². The summed E-state index contributed by atoms with van der Waals surface area (Å²) in [6.07, 6.45) is 7.74. The molecule has 3 heterocycles. The summed E-state index contributed by atoms with van der Waals surface area (Å²) in [5.74, 6) is -3.21. The number of ether oxygens (including phenoxy) is 3. The zero-order valence-electron chi connectivity index (χ0n) is 33.6.